The molecule has 0 bridgehead atoms. The summed E-state index contributed by atoms with van der Waals surface area (Å²) in [6.07, 6.45) is 3.29. The molecule has 1 aromatic rings. The molecule has 1 heterocycles. The smallest absolute Gasteiger partial charge is 0.223 e. The average Bonchev–Trinajstić information content (AvgIpc) is 2.54. The highest BCUT2D eigenvalue weighted by Gasteiger charge is 2.32. The zero-order valence-corrected chi connectivity index (χ0v) is 13.0. The van der Waals surface area contributed by atoms with Gasteiger partial charge < -0.3 is 10.6 Å². The topological polar surface area (TPSA) is 46.3 Å². The number of hydrogen-bond acceptors (Lipinski definition) is 2. The molecule has 1 aliphatic heterocycles. The standard InChI is InChI=1S/C16H23ClN2O/c1-3-9-19-15(20)6-4-5-14(18)16(19)12-8-7-11(2)13(17)10-12/h7-8,10,14,16H,3-6,9,18H2,1-2H3. The molecular formula is C16H23ClN2O. The van der Waals surface area contributed by atoms with Crippen LogP contribution in [-0.4, -0.2) is 23.4 Å². The highest BCUT2D eigenvalue weighted by molar-refractivity contribution is 6.31. The van der Waals surface area contributed by atoms with Crippen LogP contribution in [0, 0.1) is 6.92 Å². The molecule has 1 saturated heterocycles. The number of likely N-dealkylation sites (tertiary alicyclic amines) is 1. The van der Waals surface area contributed by atoms with Crippen molar-refractivity contribution in [2.45, 2.75) is 51.6 Å². The average molecular weight is 295 g/mol. The minimum atomic E-state index is -0.0527. The number of benzene rings is 1. The third kappa shape index (κ3) is 3.15. The Morgan fingerprint density at radius 3 is 2.85 bits per heavy atom. The summed E-state index contributed by atoms with van der Waals surface area (Å²) in [6, 6.07) is 5.94. The third-order valence-corrected chi connectivity index (χ3v) is 4.40. The van der Waals surface area contributed by atoms with Crippen molar-refractivity contribution in [2.75, 3.05) is 6.54 Å². The second-order valence-electron chi connectivity index (χ2n) is 5.60. The van der Waals surface area contributed by atoms with Gasteiger partial charge in [-0.1, -0.05) is 30.7 Å². The Labute approximate surface area is 126 Å². The SMILES string of the molecule is CCCN1C(=O)CCCC(N)C1c1ccc(C)c(Cl)c1. The number of carbonyl (C=O) groups is 1. The quantitative estimate of drug-likeness (QED) is 0.928. The van der Waals surface area contributed by atoms with Crippen LogP contribution >= 0.6 is 11.6 Å². The van der Waals surface area contributed by atoms with Crippen molar-refractivity contribution in [1.82, 2.24) is 4.90 Å². The van der Waals surface area contributed by atoms with Crippen molar-refractivity contribution in [3.05, 3.63) is 34.3 Å². The first-order valence-corrected chi connectivity index (χ1v) is 7.73. The Morgan fingerprint density at radius 2 is 2.20 bits per heavy atom. The predicted octanol–water partition coefficient (Wildman–Crippen LogP) is 3.44. The van der Waals surface area contributed by atoms with Gasteiger partial charge in [-0.05, 0) is 43.4 Å². The van der Waals surface area contributed by atoms with Gasteiger partial charge in [0.15, 0.2) is 0 Å². The molecule has 1 aromatic carbocycles. The summed E-state index contributed by atoms with van der Waals surface area (Å²) in [5.74, 6) is 0.210. The molecule has 2 unspecified atom stereocenters. The maximum absolute atomic E-state index is 12.3. The van der Waals surface area contributed by atoms with E-state index < -0.39 is 0 Å². The zero-order valence-electron chi connectivity index (χ0n) is 12.2. The van der Waals surface area contributed by atoms with Crippen LogP contribution in [0.15, 0.2) is 18.2 Å². The lowest BCUT2D eigenvalue weighted by Crippen LogP contribution is -2.42. The maximum Gasteiger partial charge on any atom is 0.223 e. The molecule has 2 atom stereocenters. The van der Waals surface area contributed by atoms with Crippen LogP contribution < -0.4 is 5.73 Å². The van der Waals surface area contributed by atoms with Gasteiger partial charge >= 0.3 is 0 Å². The van der Waals surface area contributed by atoms with E-state index in [2.05, 4.69) is 6.92 Å². The molecule has 2 N–H and O–H groups in total. The van der Waals surface area contributed by atoms with E-state index in [1.165, 1.54) is 0 Å². The Hall–Kier alpha value is -1.06. The van der Waals surface area contributed by atoms with Crippen LogP contribution in [0.4, 0.5) is 0 Å². The van der Waals surface area contributed by atoms with Crippen LogP contribution in [0.2, 0.25) is 5.02 Å². The summed E-state index contributed by atoms with van der Waals surface area (Å²) in [6.45, 7) is 4.82. The summed E-state index contributed by atoms with van der Waals surface area (Å²) in [7, 11) is 0. The van der Waals surface area contributed by atoms with E-state index in [0.29, 0.717) is 6.42 Å². The largest absolute Gasteiger partial charge is 0.334 e. The number of halogens is 1. The van der Waals surface area contributed by atoms with Crippen molar-refractivity contribution in [3.63, 3.8) is 0 Å². The highest BCUT2D eigenvalue weighted by Crippen LogP contribution is 2.32. The molecule has 0 aliphatic carbocycles. The monoisotopic (exact) mass is 294 g/mol. The fourth-order valence-electron chi connectivity index (χ4n) is 2.90. The first-order valence-electron chi connectivity index (χ1n) is 7.35. The van der Waals surface area contributed by atoms with Crippen LogP contribution in [0.3, 0.4) is 0 Å². The van der Waals surface area contributed by atoms with Gasteiger partial charge in [0.05, 0.1) is 6.04 Å². The zero-order chi connectivity index (χ0) is 14.7. The van der Waals surface area contributed by atoms with E-state index in [0.717, 1.165) is 42.0 Å². The fraction of sp³-hybridized carbons (Fsp3) is 0.562. The fourth-order valence-corrected chi connectivity index (χ4v) is 3.09. The maximum atomic E-state index is 12.3. The number of nitrogens with two attached hydrogens (primary N) is 1. The Balaban J connectivity index is 2.40. The lowest BCUT2D eigenvalue weighted by Gasteiger charge is -2.34. The highest BCUT2D eigenvalue weighted by atomic mass is 35.5. The number of hydrogen-bond donors (Lipinski definition) is 1. The van der Waals surface area contributed by atoms with Crippen molar-refractivity contribution < 1.29 is 4.79 Å². The van der Waals surface area contributed by atoms with E-state index in [9.17, 15) is 4.79 Å². The Bertz CT molecular complexity index is 489. The second-order valence-corrected chi connectivity index (χ2v) is 6.00. The van der Waals surface area contributed by atoms with Crippen LogP contribution in [0.25, 0.3) is 0 Å². The molecule has 0 saturated carbocycles. The lowest BCUT2D eigenvalue weighted by molar-refractivity contribution is -0.133. The second kappa shape index (κ2) is 6.59. The minimum absolute atomic E-state index is 0.0215. The first-order chi connectivity index (χ1) is 9.54. The Morgan fingerprint density at radius 1 is 1.45 bits per heavy atom. The molecule has 0 radical (unpaired) electrons. The van der Waals surface area contributed by atoms with Gasteiger partial charge in [-0.15, -0.1) is 0 Å². The molecule has 0 spiro atoms. The normalized spacial score (nSPS) is 23.8. The van der Waals surface area contributed by atoms with Gasteiger partial charge in [0.25, 0.3) is 0 Å². The number of amides is 1. The molecule has 20 heavy (non-hydrogen) atoms. The van der Waals surface area contributed by atoms with Gasteiger partial charge in [0.2, 0.25) is 5.91 Å². The summed E-state index contributed by atoms with van der Waals surface area (Å²) in [5.41, 5.74) is 8.44. The van der Waals surface area contributed by atoms with Gasteiger partial charge in [0, 0.05) is 24.0 Å². The molecule has 1 aliphatic rings. The molecule has 3 nitrogen and oxygen atoms in total. The molecular weight excluding hydrogens is 272 g/mol. The summed E-state index contributed by atoms with van der Waals surface area (Å²) >= 11 is 6.24. The molecule has 2 rings (SSSR count). The Kier molecular flexibility index (Phi) is 5.06. The lowest BCUT2D eigenvalue weighted by atomic mass is 9.95. The van der Waals surface area contributed by atoms with Gasteiger partial charge in [-0.25, -0.2) is 0 Å². The van der Waals surface area contributed by atoms with Crippen molar-refractivity contribution in [1.29, 1.82) is 0 Å². The minimum Gasteiger partial charge on any atom is -0.334 e. The van der Waals surface area contributed by atoms with Crippen molar-refractivity contribution >= 4 is 17.5 Å². The van der Waals surface area contributed by atoms with E-state index in [-0.39, 0.29) is 18.0 Å². The molecule has 1 amide bonds. The predicted molar refractivity (Wildman–Crippen MR) is 82.8 cm³/mol. The van der Waals surface area contributed by atoms with Gasteiger partial charge in [-0.2, -0.15) is 0 Å². The molecule has 110 valence electrons. The summed E-state index contributed by atoms with van der Waals surface area (Å²) in [4.78, 5) is 14.3. The van der Waals surface area contributed by atoms with Crippen molar-refractivity contribution in [2.24, 2.45) is 5.73 Å². The van der Waals surface area contributed by atoms with Crippen LogP contribution in [-0.2, 0) is 4.79 Å². The first kappa shape index (κ1) is 15.3. The molecule has 4 heteroatoms. The number of nitrogens with zero attached hydrogens (tertiary/aromatic N) is 1. The number of carbonyl (C=O) groups excluding carboxylic acids is 1. The van der Waals surface area contributed by atoms with Crippen LogP contribution in [0.1, 0.15) is 49.8 Å². The van der Waals surface area contributed by atoms with Gasteiger partial charge in [0.1, 0.15) is 0 Å². The van der Waals surface area contributed by atoms with Gasteiger partial charge in [-0.3, -0.25) is 4.79 Å². The summed E-state index contributed by atoms with van der Waals surface area (Å²) < 4.78 is 0. The van der Waals surface area contributed by atoms with E-state index in [1.807, 2.05) is 30.0 Å². The molecule has 1 fully saturated rings. The van der Waals surface area contributed by atoms with E-state index >= 15 is 0 Å². The molecule has 0 aromatic heterocycles. The van der Waals surface area contributed by atoms with E-state index in [4.69, 9.17) is 17.3 Å². The third-order valence-electron chi connectivity index (χ3n) is 3.99. The van der Waals surface area contributed by atoms with Crippen molar-refractivity contribution in [3.8, 4) is 0 Å². The number of aryl methyl sites for hydroxylation is 1. The summed E-state index contributed by atoms with van der Waals surface area (Å²) in [5, 5.41) is 0.739. The number of rotatable bonds is 3. The van der Waals surface area contributed by atoms with E-state index in [1.54, 1.807) is 0 Å². The van der Waals surface area contributed by atoms with Crippen LogP contribution in [0.5, 0.6) is 0 Å².